The molecule has 0 saturated heterocycles. The van der Waals surface area contributed by atoms with Crippen molar-refractivity contribution in [2.75, 3.05) is 17.2 Å². The van der Waals surface area contributed by atoms with Gasteiger partial charge in [0.25, 0.3) is 0 Å². The summed E-state index contributed by atoms with van der Waals surface area (Å²) in [6.07, 6.45) is 6.48. The third-order valence-electron chi connectivity index (χ3n) is 6.08. The van der Waals surface area contributed by atoms with Crippen LogP contribution in [0, 0.1) is 0 Å². The highest BCUT2D eigenvalue weighted by Crippen LogP contribution is 2.27. The van der Waals surface area contributed by atoms with E-state index in [1.54, 1.807) is 30.6 Å². The number of aliphatic hydroxyl groups is 1. The van der Waals surface area contributed by atoms with Gasteiger partial charge >= 0.3 is 0 Å². The molecule has 0 atom stereocenters. The summed E-state index contributed by atoms with van der Waals surface area (Å²) in [5, 5.41) is 16.5. The van der Waals surface area contributed by atoms with Crippen molar-refractivity contribution < 1.29 is 13.5 Å². The SMILES string of the molecule is CCCCNS(=O)(=O)c1ccc(Nc2nc(N[C@H]3CC[C@H](O)CC3)nc3c2ncn3CC)cc1. The van der Waals surface area contributed by atoms with Crippen LogP contribution in [-0.4, -0.2) is 51.7 Å². The molecule has 1 aliphatic carbocycles. The summed E-state index contributed by atoms with van der Waals surface area (Å²) in [7, 11) is -3.53. The van der Waals surface area contributed by atoms with Gasteiger partial charge in [-0.05, 0) is 63.3 Å². The maximum atomic E-state index is 12.5. The fourth-order valence-corrected chi connectivity index (χ4v) is 5.13. The molecule has 4 rings (SSSR count). The number of aromatic nitrogens is 4. The topological polar surface area (TPSA) is 134 Å². The smallest absolute Gasteiger partial charge is 0.240 e. The Balaban J connectivity index is 1.56. The van der Waals surface area contributed by atoms with Crippen LogP contribution < -0.4 is 15.4 Å². The molecule has 10 nitrogen and oxygen atoms in total. The van der Waals surface area contributed by atoms with E-state index in [0.29, 0.717) is 29.5 Å². The number of imidazole rings is 1. The minimum Gasteiger partial charge on any atom is -0.393 e. The molecule has 0 amide bonds. The lowest BCUT2D eigenvalue weighted by Crippen LogP contribution is -2.29. The van der Waals surface area contributed by atoms with E-state index in [2.05, 4.69) is 25.3 Å². The summed E-state index contributed by atoms with van der Waals surface area (Å²) in [5.74, 6) is 1.05. The zero-order valence-corrected chi connectivity index (χ0v) is 20.5. The molecule has 3 aromatic rings. The molecule has 0 spiro atoms. The standard InChI is InChI=1S/C23H33N7O3S/c1-3-5-14-25-34(32,33)19-12-8-16(9-13-19)26-21-20-22(30(4-2)15-24-20)29-23(28-21)27-17-6-10-18(31)11-7-17/h8-9,12-13,15,17-18,25,31H,3-7,10-11,14H2,1-2H3,(H2,26,27,28,29)/t17-,18-. The number of aryl methyl sites for hydroxylation is 1. The first-order chi connectivity index (χ1) is 16.4. The molecule has 0 bridgehead atoms. The maximum Gasteiger partial charge on any atom is 0.240 e. The van der Waals surface area contributed by atoms with Crippen LogP contribution in [0.15, 0.2) is 35.5 Å². The Labute approximate surface area is 200 Å². The normalized spacial score (nSPS) is 18.8. The monoisotopic (exact) mass is 487 g/mol. The molecule has 34 heavy (non-hydrogen) atoms. The van der Waals surface area contributed by atoms with Crippen LogP contribution in [0.3, 0.4) is 0 Å². The van der Waals surface area contributed by atoms with Crippen LogP contribution in [0.2, 0.25) is 0 Å². The summed E-state index contributed by atoms with van der Waals surface area (Å²) < 4.78 is 29.5. The highest BCUT2D eigenvalue weighted by molar-refractivity contribution is 7.89. The predicted octanol–water partition coefficient (Wildman–Crippen LogP) is 3.38. The van der Waals surface area contributed by atoms with Crippen molar-refractivity contribution in [2.24, 2.45) is 0 Å². The second-order valence-electron chi connectivity index (χ2n) is 8.65. The minimum atomic E-state index is -3.53. The Morgan fingerprint density at radius 3 is 2.50 bits per heavy atom. The number of rotatable bonds is 10. The van der Waals surface area contributed by atoms with E-state index in [9.17, 15) is 13.5 Å². The molecular formula is C23H33N7O3S. The first-order valence-corrected chi connectivity index (χ1v) is 13.4. The van der Waals surface area contributed by atoms with Crippen LogP contribution in [0.25, 0.3) is 11.2 Å². The first kappa shape index (κ1) is 24.4. The number of hydrogen-bond donors (Lipinski definition) is 4. The Morgan fingerprint density at radius 1 is 1.09 bits per heavy atom. The number of unbranched alkanes of at least 4 members (excludes halogenated alkanes) is 1. The lowest BCUT2D eigenvalue weighted by atomic mass is 9.93. The molecule has 2 aromatic heterocycles. The van der Waals surface area contributed by atoms with Gasteiger partial charge in [0, 0.05) is 24.8 Å². The molecule has 184 valence electrons. The lowest BCUT2D eigenvalue weighted by molar-refractivity contribution is 0.126. The van der Waals surface area contributed by atoms with E-state index < -0.39 is 10.0 Å². The number of hydrogen-bond acceptors (Lipinski definition) is 8. The van der Waals surface area contributed by atoms with Gasteiger partial charge in [0.05, 0.1) is 17.3 Å². The van der Waals surface area contributed by atoms with Gasteiger partial charge in [0.1, 0.15) is 0 Å². The third kappa shape index (κ3) is 5.65. The molecule has 1 saturated carbocycles. The van der Waals surface area contributed by atoms with Crippen molar-refractivity contribution >= 4 is 38.6 Å². The molecule has 11 heteroatoms. The first-order valence-electron chi connectivity index (χ1n) is 11.9. The van der Waals surface area contributed by atoms with Gasteiger partial charge in [-0.15, -0.1) is 0 Å². The molecule has 1 fully saturated rings. The number of nitrogens with one attached hydrogen (secondary N) is 3. The van der Waals surface area contributed by atoms with Gasteiger partial charge < -0.3 is 20.3 Å². The number of aliphatic hydroxyl groups excluding tert-OH is 1. The summed E-state index contributed by atoms with van der Waals surface area (Å²) >= 11 is 0. The molecule has 0 unspecified atom stereocenters. The zero-order chi connectivity index (χ0) is 24.1. The number of sulfonamides is 1. The van der Waals surface area contributed by atoms with Crippen LogP contribution in [0.5, 0.6) is 0 Å². The molecule has 0 aliphatic heterocycles. The van der Waals surface area contributed by atoms with Crippen molar-refractivity contribution in [3.05, 3.63) is 30.6 Å². The van der Waals surface area contributed by atoms with Crippen LogP contribution in [0.4, 0.5) is 17.5 Å². The van der Waals surface area contributed by atoms with Crippen molar-refractivity contribution in [1.82, 2.24) is 24.2 Å². The Morgan fingerprint density at radius 2 is 1.82 bits per heavy atom. The lowest BCUT2D eigenvalue weighted by Gasteiger charge is -2.26. The molecule has 4 N–H and O–H groups in total. The van der Waals surface area contributed by atoms with E-state index in [-0.39, 0.29) is 17.0 Å². The fraction of sp³-hybridized carbons (Fsp3) is 0.522. The summed E-state index contributed by atoms with van der Waals surface area (Å²) in [4.78, 5) is 14.1. The van der Waals surface area contributed by atoms with E-state index in [4.69, 9.17) is 4.98 Å². The second-order valence-corrected chi connectivity index (χ2v) is 10.4. The number of anilines is 3. The maximum absolute atomic E-state index is 12.5. The highest BCUT2D eigenvalue weighted by Gasteiger charge is 2.21. The average molecular weight is 488 g/mol. The van der Waals surface area contributed by atoms with Gasteiger partial charge in [0.2, 0.25) is 16.0 Å². The number of nitrogens with zero attached hydrogens (tertiary/aromatic N) is 4. The van der Waals surface area contributed by atoms with E-state index >= 15 is 0 Å². The highest BCUT2D eigenvalue weighted by atomic mass is 32.2. The van der Waals surface area contributed by atoms with Gasteiger partial charge in [-0.1, -0.05) is 13.3 Å². The number of fused-ring (bicyclic) bond motifs is 1. The van der Waals surface area contributed by atoms with Gasteiger partial charge in [0.15, 0.2) is 17.0 Å². The van der Waals surface area contributed by atoms with Crippen LogP contribution >= 0.6 is 0 Å². The molecular weight excluding hydrogens is 454 g/mol. The van der Waals surface area contributed by atoms with Gasteiger partial charge in [-0.3, -0.25) is 0 Å². The van der Waals surface area contributed by atoms with Gasteiger partial charge in [-0.2, -0.15) is 9.97 Å². The summed E-state index contributed by atoms with van der Waals surface area (Å²) in [5.41, 5.74) is 2.06. The third-order valence-corrected chi connectivity index (χ3v) is 7.56. The van der Waals surface area contributed by atoms with Crippen molar-refractivity contribution in [3.63, 3.8) is 0 Å². The van der Waals surface area contributed by atoms with E-state index in [1.807, 2.05) is 18.4 Å². The average Bonchev–Trinajstić information content (AvgIpc) is 3.24. The quantitative estimate of drug-likeness (QED) is 0.320. The van der Waals surface area contributed by atoms with Crippen molar-refractivity contribution in [2.45, 2.75) is 76.0 Å². The second kappa shape index (κ2) is 10.7. The summed E-state index contributed by atoms with van der Waals surface area (Å²) in [6, 6.07) is 6.79. The Hall–Kier alpha value is -2.76. The van der Waals surface area contributed by atoms with E-state index in [1.165, 1.54) is 0 Å². The molecule has 0 radical (unpaired) electrons. The molecule has 1 aromatic carbocycles. The predicted molar refractivity (Wildman–Crippen MR) is 133 cm³/mol. The van der Waals surface area contributed by atoms with Crippen molar-refractivity contribution in [3.8, 4) is 0 Å². The van der Waals surface area contributed by atoms with E-state index in [0.717, 1.165) is 50.7 Å². The van der Waals surface area contributed by atoms with Crippen LogP contribution in [-0.2, 0) is 16.6 Å². The summed E-state index contributed by atoms with van der Waals surface area (Å²) in [6.45, 7) is 5.19. The zero-order valence-electron chi connectivity index (χ0n) is 19.7. The molecule has 1 aliphatic rings. The van der Waals surface area contributed by atoms with Crippen LogP contribution in [0.1, 0.15) is 52.4 Å². The number of benzene rings is 1. The van der Waals surface area contributed by atoms with Gasteiger partial charge in [-0.25, -0.2) is 18.1 Å². The fourth-order valence-electron chi connectivity index (χ4n) is 4.05. The van der Waals surface area contributed by atoms with Crippen molar-refractivity contribution in [1.29, 1.82) is 0 Å². The Kier molecular flexibility index (Phi) is 7.64. The minimum absolute atomic E-state index is 0.205. The largest absolute Gasteiger partial charge is 0.393 e. The molecule has 2 heterocycles. The Bertz CT molecular complexity index is 1200.